The van der Waals surface area contributed by atoms with Crippen LogP contribution in [0.15, 0.2) is 53.7 Å². The van der Waals surface area contributed by atoms with E-state index in [2.05, 4.69) is 33.7 Å². The second kappa shape index (κ2) is 8.29. The molecule has 0 radical (unpaired) electrons. The molecule has 7 heteroatoms. The van der Waals surface area contributed by atoms with Crippen molar-refractivity contribution < 1.29 is 4.79 Å². The Morgan fingerprint density at radius 2 is 1.97 bits per heavy atom. The van der Waals surface area contributed by atoms with Crippen LogP contribution in [0.1, 0.15) is 42.5 Å². The van der Waals surface area contributed by atoms with Crippen LogP contribution in [0.3, 0.4) is 0 Å². The van der Waals surface area contributed by atoms with Crippen LogP contribution in [0.2, 0.25) is 0 Å². The first-order valence-electron chi connectivity index (χ1n) is 9.85. The SMILES string of the molecule is Cc1ccc(-c2nnc(S[C@H](C)C(=O)N[C@@H]3CCCc4ccccc43)n2N)cc1. The number of fused-ring (bicyclic) bond motifs is 1. The average molecular weight is 408 g/mol. The molecule has 3 N–H and O–H groups in total. The smallest absolute Gasteiger partial charge is 0.233 e. The van der Waals surface area contributed by atoms with Crippen LogP contribution in [0.5, 0.6) is 0 Å². The standard InChI is InChI=1S/C22H25N5OS/c1-14-10-12-17(13-11-14)20-25-26-22(27(20)23)29-15(2)21(28)24-19-9-5-7-16-6-3-4-8-18(16)19/h3-4,6,8,10-13,15,19H,5,7,9,23H2,1-2H3,(H,24,28)/t15-,19-/m1/s1. The number of aromatic nitrogens is 3. The van der Waals surface area contributed by atoms with E-state index < -0.39 is 0 Å². The number of benzene rings is 2. The van der Waals surface area contributed by atoms with Crippen molar-refractivity contribution in [1.29, 1.82) is 0 Å². The molecular weight excluding hydrogens is 382 g/mol. The van der Waals surface area contributed by atoms with Crippen molar-refractivity contribution in [2.45, 2.75) is 49.6 Å². The van der Waals surface area contributed by atoms with Gasteiger partial charge in [-0.25, -0.2) is 4.68 Å². The largest absolute Gasteiger partial charge is 0.348 e. The Morgan fingerprint density at radius 3 is 2.76 bits per heavy atom. The summed E-state index contributed by atoms with van der Waals surface area (Å²) in [5.74, 6) is 6.78. The molecule has 1 aromatic heterocycles. The highest BCUT2D eigenvalue weighted by Crippen LogP contribution is 2.31. The topological polar surface area (TPSA) is 85.8 Å². The molecule has 2 aromatic carbocycles. The summed E-state index contributed by atoms with van der Waals surface area (Å²) in [6.07, 6.45) is 3.12. The molecule has 4 rings (SSSR count). The third-order valence-electron chi connectivity index (χ3n) is 5.31. The second-order valence-electron chi connectivity index (χ2n) is 7.45. The summed E-state index contributed by atoms with van der Waals surface area (Å²) in [7, 11) is 0. The number of aryl methyl sites for hydroxylation is 2. The van der Waals surface area contributed by atoms with Gasteiger partial charge >= 0.3 is 0 Å². The van der Waals surface area contributed by atoms with Crippen molar-refractivity contribution in [2.75, 3.05) is 5.84 Å². The summed E-state index contributed by atoms with van der Waals surface area (Å²) in [4.78, 5) is 12.8. The first-order valence-corrected chi connectivity index (χ1v) is 10.7. The van der Waals surface area contributed by atoms with Gasteiger partial charge in [0.1, 0.15) is 0 Å². The Labute approximate surface area is 174 Å². The van der Waals surface area contributed by atoms with Gasteiger partial charge in [0.2, 0.25) is 11.1 Å². The third-order valence-corrected chi connectivity index (χ3v) is 6.37. The Kier molecular flexibility index (Phi) is 5.58. The summed E-state index contributed by atoms with van der Waals surface area (Å²) < 4.78 is 1.45. The second-order valence-corrected chi connectivity index (χ2v) is 8.76. The third kappa shape index (κ3) is 4.15. The minimum atomic E-state index is -0.332. The van der Waals surface area contributed by atoms with Crippen molar-refractivity contribution >= 4 is 17.7 Å². The number of nitrogen functional groups attached to an aromatic ring is 1. The van der Waals surface area contributed by atoms with E-state index >= 15 is 0 Å². The van der Waals surface area contributed by atoms with E-state index in [1.54, 1.807) is 0 Å². The van der Waals surface area contributed by atoms with Crippen molar-refractivity contribution in [1.82, 2.24) is 20.2 Å². The highest BCUT2D eigenvalue weighted by molar-refractivity contribution is 8.00. The van der Waals surface area contributed by atoms with Crippen LogP contribution in [0, 0.1) is 6.92 Å². The van der Waals surface area contributed by atoms with Gasteiger partial charge in [-0.3, -0.25) is 4.79 Å². The molecule has 0 saturated carbocycles. The van der Waals surface area contributed by atoms with E-state index in [0.717, 1.165) is 24.8 Å². The zero-order valence-corrected chi connectivity index (χ0v) is 17.4. The highest BCUT2D eigenvalue weighted by atomic mass is 32.2. The molecule has 0 unspecified atom stereocenters. The van der Waals surface area contributed by atoms with Crippen LogP contribution in [0.4, 0.5) is 0 Å². The van der Waals surface area contributed by atoms with Gasteiger partial charge in [0.15, 0.2) is 5.82 Å². The van der Waals surface area contributed by atoms with E-state index in [-0.39, 0.29) is 17.2 Å². The van der Waals surface area contributed by atoms with Gasteiger partial charge in [-0.05, 0) is 44.2 Å². The van der Waals surface area contributed by atoms with Gasteiger partial charge < -0.3 is 11.2 Å². The van der Waals surface area contributed by atoms with Gasteiger partial charge in [0.05, 0.1) is 11.3 Å². The van der Waals surface area contributed by atoms with E-state index in [4.69, 9.17) is 5.84 Å². The zero-order valence-electron chi connectivity index (χ0n) is 16.6. The number of carbonyl (C=O) groups excluding carboxylic acids is 1. The Hall–Kier alpha value is -2.80. The number of amides is 1. The molecule has 29 heavy (non-hydrogen) atoms. The molecule has 1 aliphatic rings. The predicted octanol–water partition coefficient (Wildman–Crippen LogP) is 3.64. The first-order chi connectivity index (χ1) is 14.0. The maximum absolute atomic E-state index is 12.8. The lowest BCUT2D eigenvalue weighted by Crippen LogP contribution is -2.36. The van der Waals surface area contributed by atoms with Gasteiger partial charge in [-0.2, -0.15) is 0 Å². The fraction of sp³-hybridized carbons (Fsp3) is 0.318. The molecule has 3 aromatic rings. The number of nitrogens with two attached hydrogens (primary N) is 1. The minimum Gasteiger partial charge on any atom is -0.348 e. The van der Waals surface area contributed by atoms with Gasteiger partial charge in [0, 0.05) is 5.56 Å². The number of thioether (sulfide) groups is 1. The Bertz CT molecular complexity index is 1010. The van der Waals surface area contributed by atoms with E-state index in [0.29, 0.717) is 11.0 Å². The van der Waals surface area contributed by atoms with Crippen molar-refractivity contribution in [3.8, 4) is 11.4 Å². The van der Waals surface area contributed by atoms with Gasteiger partial charge in [-0.1, -0.05) is 65.9 Å². The summed E-state index contributed by atoms with van der Waals surface area (Å²) in [5.41, 5.74) is 4.62. The Balaban J connectivity index is 1.44. The summed E-state index contributed by atoms with van der Waals surface area (Å²) in [6.45, 7) is 3.90. The lowest BCUT2D eigenvalue weighted by Gasteiger charge is -2.27. The number of carbonyl (C=O) groups is 1. The molecule has 2 atom stereocenters. The lowest BCUT2D eigenvalue weighted by atomic mass is 9.88. The quantitative estimate of drug-likeness (QED) is 0.498. The summed E-state index contributed by atoms with van der Waals surface area (Å²) in [6, 6.07) is 16.4. The number of nitrogens with zero attached hydrogens (tertiary/aromatic N) is 3. The molecular formula is C22H25N5OS. The maximum atomic E-state index is 12.8. The number of rotatable bonds is 5. The lowest BCUT2D eigenvalue weighted by molar-refractivity contribution is -0.121. The molecule has 1 heterocycles. The number of hydrogen-bond donors (Lipinski definition) is 2. The maximum Gasteiger partial charge on any atom is 0.233 e. The van der Waals surface area contributed by atoms with Crippen LogP contribution >= 0.6 is 11.8 Å². The van der Waals surface area contributed by atoms with Crippen molar-refractivity contribution in [3.05, 3.63) is 65.2 Å². The molecule has 0 fully saturated rings. The molecule has 0 aliphatic heterocycles. The zero-order chi connectivity index (χ0) is 20.4. The first kappa shape index (κ1) is 19.5. The summed E-state index contributed by atoms with van der Waals surface area (Å²) in [5, 5.41) is 11.8. The van der Waals surface area contributed by atoms with Gasteiger partial charge in [0.25, 0.3) is 0 Å². The molecule has 1 amide bonds. The number of nitrogens with one attached hydrogen (secondary N) is 1. The van der Waals surface area contributed by atoms with Crippen molar-refractivity contribution in [2.24, 2.45) is 0 Å². The molecule has 0 spiro atoms. The van der Waals surface area contributed by atoms with Crippen LogP contribution < -0.4 is 11.2 Å². The fourth-order valence-electron chi connectivity index (χ4n) is 3.66. The van der Waals surface area contributed by atoms with Gasteiger partial charge in [-0.15, -0.1) is 10.2 Å². The summed E-state index contributed by atoms with van der Waals surface area (Å²) >= 11 is 1.32. The number of hydrogen-bond acceptors (Lipinski definition) is 5. The molecule has 1 aliphatic carbocycles. The van der Waals surface area contributed by atoms with Crippen LogP contribution in [0.25, 0.3) is 11.4 Å². The normalized spacial score (nSPS) is 16.8. The van der Waals surface area contributed by atoms with Crippen LogP contribution in [-0.4, -0.2) is 26.0 Å². The molecule has 0 bridgehead atoms. The van der Waals surface area contributed by atoms with E-state index in [1.165, 1.54) is 33.1 Å². The monoisotopic (exact) mass is 407 g/mol. The molecule has 6 nitrogen and oxygen atoms in total. The Morgan fingerprint density at radius 1 is 1.21 bits per heavy atom. The minimum absolute atomic E-state index is 0.0170. The van der Waals surface area contributed by atoms with E-state index in [1.807, 2.05) is 44.2 Å². The molecule has 150 valence electrons. The molecule has 0 saturated heterocycles. The highest BCUT2D eigenvalue weighted by Gasteiger charge is 2.25. The van der Waals surface area contributed by atoms with Crippen molar-refractivity contribution in [3.63, 3.8) is 0 Å². The predicted molar refractivity (Wildman–Crippen MR) is 116 cm³/mol. The fourth-order valence-corrected chi connectivity index (χ4v) is 4.44. The van der Waals surface area contributed by atoms with E-state index in [9.17, 15) is 4.79 Å². The average Bonchev–Trinajstić information content (AvgIpc) is 3.09. The van der Waals surface area contributed by atoms with Crippen LogP contribution in [-0.2, 0) is 11.2 Å².